The van der Waals surface area contributed by atoms with E-state index in [0.717, 1.165) is 30.8 Å². The Bertz CT molecular complexity index is 618. The Hall–Kier alpha value is -1.73. The summed E-state index contributed by atoms with van der Waals surface area (Å²) in [6, 6.07) is 4.08. The number of rotatable bonds is 4. The van der Waals surface area contributed by atoms with Crippen LogP contribution in [0.3, 0.4) is 0 Å². The van der Waals surface area contributed by atoms with Gasteiger partial charge in [0, 0.05) is 12.8 Å². The fraction of sp³-hybridized carbons (Fsp3) is 0.533. The van der Waals surface area contributed by atoms with Crippen LogP contribution in [0.25, 0.3) is 10.8 Å². The number of esters is 1. The van der Waals surface area contributed by atoms with Crippen molar-refractivity contribution in [1.82, 2.24) is 10.2 Å². The van der Waals surface area contributed by atoms with Crippen LogP contribution in [0.4, 0.5) is 0 Å². The Morgan fingerprint density at radius 2 is 2.23 bits per heavy atom. The number of piperidine rings is 1. The minimum absolute atomic E-state index is 0.0327. The molecular formula is C15H20N3O3S+. The van der Waals surface area contributed by atoms with Crippen LogP contribution in [0, 0.1) is 5.92 Å². The second kappa shape index (κ2) is 6.58. The molecule has 1 fully saturated rings. The van der Waals surface area contributed by atoms with Gasteiger partial charge in [0.05, 0.1) is 31.0 Å². The van der Waals surface area contributed by atoms with Crippen LogP contribution in [0.5, 0.6) is 0 Å². The minimum Gasteiger partial charge on any atom is -0.469 e. The van der Waals surface area contributed by atoms with Crippen molar-refractivity contribution >= 4 is 17.3 Å². The molecule has 2 aromatic rings. The van der Waals surface area contributed by atoms with E-state index < -0.39 is 0 Å². The lowest BCUT2D eigenvalue weighted by atomic mass is 9.96. The number of quaternary nitrogens is 1. The molecule has 6 nitrogen and oxygen atoms in total. The van der Waals surface area contributed by atoms with Crippen LogP contribution in [0.2, 0.25) is 0 Å². The van der Waals surface area contributed by atoms with E-state index in [2.05, 4.69) is 17.1 Å². The number of carbonyl (C=O) groups excluding carboxylic acids is 1. The fourth-order valence-electron chi connectivity index (χ4n) is 2.91. The molecule has 1 saturated heterocycles. The maximum Gasteiger partial charge on any atom is 0.309 e. The minimum atomic E-state index is -0.0931. The maximum atomic E-state index is 11.6. The molecule has 2 aromatic heterocycles. The van der Waals surface area contributed by atoms with E-state index in [4.69, 9.17) is 9.15 Å². The molecule has 118 valence electrons. The van der Waals surface area contributed by atoms with Crippen LogP contribution >= 0.6 is 11.3 Å². The SMILES string of the molecule is COC(=O)C1CC[NH+]([C@@H](C)c2nnc(-c3cccs3)o2)CC1. The van der Waals surface area contributed by atoms with E-state index >= 15 is 0 Å². The predicted molar refractivity (Wildman–Crippen MR) is 81.5 cm³/mol. The summed E-state index contributed by atoms with van der Waals surface area (Å²) in [4.78, 5) is 13.9. The molecule has 0 spiro atoms. The molecule has 1 aliphatic rings. The van der Waals surface area contributed by atoms with Crippen molar-refractivity contribution in [2.24, 2.45) is 5.92 Å². The van der Waals surface area contributed by atoms with Gasteiger partial charge in [0.15, 0.2) is 6.04 Å². The molecule has 0 bridgehead atoms. The molecule has 22 heavy (non-hydrogen) atoms. The van der Waals surface area contributed by atoms with Gasteiger partial charge in [0.2, 0.25) is 0 Å². The van der Waals surface area contributed by atoms with E-state index in [1.165, 1.54) is 12.0 Å². The largest absolute Gasteiger partial charge is 0.469 e. The molecule has 7 heteroatoms. The summed E-state index contributed by atoms with van der Waals surface area (Å²) in [7, 11) is 1.45. The van der Waals surface area contributed by atoms with Gasteiger partial charge in [0.1, 0.15) is 0 Å². The number of carbonyl (C=O) groups is 1. The quantitative estimate of drug-likeness (QED) is 0.860. The number of likely N-dealkylation sites (tertiary alicyclic amines) is 1. The summed E-state index contributed by atoms with van der Waals surface area (Å²) >= 11 is 1.59. The Kier molecular flexibility index (Phi) is 4.54. The van der Waals surface area contributed by atoms with Gasteiger partial charge in [-0.3, -0.25) is 4.79 Å². The Morgan fingerprint density at radius 3 is 2.86 bits per heavy atom. The number of thiophene rings is 1. The average molecular weight is 322 g/mol. The summed E-state index contributed by atoms with van der Waals surface area (Å²) in [5.74, 6) is 1.19. The Labute approximate surface area is 133 Å². The third-order valence-corrected chi connectivity index (χ3v) is 5.18. The number of nitrogens with zero attached hydrogens (tertiary/aromatic N) is 2. The van der Waals surface area contributed by atoms with Gasteiger partial charge in [-0.05, 0) is 18.4 Å². The summed E-state index contributed by atoms with van der Waals surface area (Å²) in [5.41, 5.74) is 0. The molecule has 3 heterocycles. The van der Waals surface area contributed by atoms with E-state index in [1.54, 1.807) is 11.3 Å². The van der Waals surface area contributed by atoms with Crippen molar-refractivity contribution in [1.29, 1.82) is 0 Å². The third kappa shape index (κ3) is 3.05. The number of hydrogen-bond acceptors (Lipinski definition) is 6. The maximum absolute atomic E-state index is 11.6. The lowest BCUT2D eigenvalue weighted by Gasteiger charge is -2.30. The molecule has 1 aliphatic heterocycles. The monoisotopic (exact) mass is 322 g/mol. The van der Waals surface area contributed by atoms with Gasteiger partial charge < -0.3 is 14.1 Å². The van der Waals surface area contributed by atoms with Crippen LogP contribution in [-0.2, 0) is 9.53 Å². The van der Waals surface area contributed by atoms with Crippen LogP contribution in [0.15, 0.2) is 21.9 Å². The van der Waals surface area contributed by atoms with Gasteiger partial charge in [0.25, 0.3) is 11.8 Å². The highest BCUT2D eigenvalue weighted by molar-refractivity contribution is 7.13. The van der Waals surface area contributed by atoms with E-state index in [0.29, 0.717) is 11.8 Å². The van der Waals surface area contributed by atoms with Crippen LogP contribution in [-0.4, -0.2) is 36.4 Å². The first kappa shape index (κ1) is 15.2. The number of aromatic nitrogens is 2. The van der Waals surface area contributed by atoms with Crippen molar-refractivity contribution < 1.29 is 18.8 Å². The highest BCUT2D eigenvalue weighted by Crippen LogP contribution is 2.24. The van der Waals surface area contributed by atoms with Crippen molar-refractivity contribution in [2.75, 3.05) is 20.2 Å². The normalized spacial score (nSPS) is 23.2. The second-order valence-corrected chi connectivity index (χ2v) is 6.55. The first-order chi connectivity index (χ1) is 10.7. The predicted octanol–water partition coefficient (Wildman–Crippen LogP) is 1.33. The summed E-state index contributed by atoms with van der Waals surface area (Å²) in [6.07, 6.45) is 1.69. The van der Waals surface area contributed by atoms with Crippen molar-refractivity contribution in [3.63, 3.8) is 0 Å². The van der Waals surface area contributed by atoms with Gasteiger partial charge in [-0.1, -0.05) is 6.07 Å². The molecule has 0 aromatic carbocycles. The van der Waals surface area contributed by atoms with Crippen LogP contribution < -0.4 is 4.90 Å². The second-order valence-electron chi connectivity index (χ2n) is 5.60. The number of nitrogens with one attached hydrogen (secondary N) is 1. The highest BCUT2D eigenvalue weighted by atomic mass is 32.1. The smallest absolute Gasteiger partial charge is 0.309 e. The van der Waals surface area contributed by atoms with Gasteiger partial charge in [-0.25, -0.2) is 0 Å². The van der Waals surface area contributed by atoms with Crippen LogP contribution in [0.1, 0.15) is 31.7 Å². The Balaban J connectivity index is 1.63. The van der Waals surface area contributed by atoms with Gasteiger partial charge in [-0.2, -0.15) is 0 Å². The first-order valence-electron chi connectivity index (χ1n) is 7.48. The summed E-state index contributed by atoms with van der Waals surface area (Å²) < 4.78 is 10.6. The molecule has 0 saturated carbocycles. The Morgan fingerprint density at radius 1 is 1.45 bits per heavy atom. The lowest BCUT2D eigenvalue weighted by molar-refractivity contribution is -0.936. The van der Waals surface area contributed by atoms with Crippen molar-refractivity contribution in [3.8, 4) is 10.8 Å². The number of methoxy groups -OCH3 is 1. The molecular weight excluding hydrogens is 302 g/mol. The first-order valence-corrected chi connectivity index (χ1v) is 8.36. The zero-order chi connectivity index (χ0) is 15.5. The molecule has 0 aliphatic carbocycles. The molecule has 1 N–H and O–H groups in total. The summed E-state index contributed by atoms with van der Waals surface area (Å²) in [5, 5.41) is 10.3. The van der Waals surface area contributed by atoms with Gasteiger partial charge in [-0.15, -0.1) is 21.5 Å². The highest BCUT2D eigenvalue weighted by Gasteiger charge is 2.33. The molecule has 1 atom stereocenters. The summed E-state index contributed by atoms with van der Waals surface area (Å²) in [6.45, 7) is 3.93. The zero-order valence-electron chi connectivity index (χ0n) is 12.7. The van der Waals surface area contributed by atoms with E-state index in [-0.39, 0.29) is 17.9 Å². The lowest BCUT2D eigenvalue weighted by Crippen LogP contribution is -3.13. The third-order valence-electron chi connectivity index (χ3n) is 4.32. The standard InChI is InChI=1S/C15H19N3O3S/c1-10(18-7-5-11(6-8-18)15(19)20-2)13-16-17-14(21-13)12-4-3-9-22-12/h3-4,9-11H,5-8H2,1-2H3/p+1/t10-/m0/s1. The van der Waals surface area contributed by atoms with Crippen molar-refractivity contribution in [3.05, 3.63) is 23.4 Å². The molecule has 0 radical (unpaired) electrons. The van der Waals surface area contributed by atoms with Crippen molar-refractivity contribution in [2.45, 2.75) is 25.8 Å². The van der Waals surface area contributed by atoms with Gasteiger partial charge >= 0.3 is 5.97 Å². The van der Waals surface area contributed by atoms with E-state index in [1.807, 2.05) is 17.5 Å². The molecule has 3 rings (SSSR count). The fourth-order valence-corrected chi connectivity index (χ4v) is 3.55. The van der Waals surface area contributed by atoms with E-state index in [9.17, 15) is 4.79 Å². The average Bonchev–Trinajstić information content (AvgIpc) is 3.24. The topological polar surface area (TPSA) is 69.7 Å². The molecule has 0 amide bonds. The number of ether oxygens (including phenoxy) is 1. The number of hydrogen-bond donors (Lipinski definition) is 1. The molecule has 0 unspecified atom stereocenters. The zero-order valence-corrected chi connectivity index (χ0v) is 13.6.